The van der Waals surface area contributed by atoms with E-state index in [2.05, 4.69) is 6.92 Å². The van der Waals surface area contributed by atoms with Gasteiger partial charge in [0.05, 0.1) is 0 Å². The van der Waals surface area contributed by atoms with Crippen molar-refractivity contribution >= 4 is 0 Å². The molecule has 4 rings (SSSR count). The standard InChI is InChI=1S/C13H20/c1-7-4-10-6-11(7)13-9-3-2-8(5-9)12(10)13/h7-13H,2-6H2,1H3/t7-,8?,9?,10?,11?,12?,13?/m1/s1. The Hall–Kier alpha value is 0. The molecule has 4 aliphatic rings. The maximum absolute atomic E-state index is 2.52. The van der Waals surface area contributed by atoms with Crippen molar-refractivity contribution in [1.82, 2.24) is 0 Å². The second-order valence-corrected chi connectivity index (χ2v) is 6.36. The largest absolute Gasteiger partial charge is 0.0622 e. The first-order valence-electron chi connectivity index (χ1n) is 6.34. The zero-order valence-electron chi connectivity index (χ0n) is 8.58. The van der Waals surface area contributed by atoms with Gasteiger partial charge in [-0.25, -0.2) is 0 Å². The summed E-state index contributed by atoms with van der Waals surface area (Å²) in [6.45, 7) is 2.52. The van der Waals surface area contributed by atoms with E-state index in [1.165, 1.54) is 35.5 Å². The first kappa shape index (κ1) is 7.31. The first-order chi connectivity index (χ1) is 6.34. The Morgan fingerprint density at radius 2 is 1.54 bits per heavy atom. The van der Waals surface area contributed by atoms with E-state index in [4.69, 9.17) is 0 Å². The van der Waals surface area contributed by atoms with Crippen molar-refractivity contribution in [3.8, 4) is 0 Å². The highest BCUT2D eigenvalue weighted by Gasteiger charge is 2.61. The molecular weight excluding hydrogens is 156 g/mol. The van der Waals surface area contributed by atoms with Crippen molar-refractivity contribution < 1.29 is 0 Å². The Morgan fingerprint density at radius 1 is 0.769 bits per heavy atom. The minimum atomic E-state index is 1.09. The molecule has 0 amide bonds. The average molecular weight is 176 g/mol. The molecule has 0 spiro atoms. The Bertz CT molecular complexity index is 244. The molecule has 7 atom stereocenters. The predicted molar refractivity (Wildman–Crippen MR) is 53.2 cm³/mol. The van der Waals surface area contributed by atoms with E-state index in [0.29, 0.717) is 0 Å². The van der Waals surface area contributed by atoms with Gasteiger partial charge in [-0.05, 0) is 73.5 Å². The fourth-order valence-corrected chi connectivity index (χ4v) is 5.90. The zero-order valence-corrected chi connectivity index (χ0v) is 8.58. The summed E-state index contributed by atoms with van der Waals surface area (Å²) >= 11 is 0. The predicted octanol–water partition coefficient (Wildman–Crippen LogP) is 3.32. The van der Waals surface area contributed by atoms with Crippen LogP contribution in [0.1, 0.15) is 39.0 Å². The van der Waals surface area contributed by atoms with Crippen LogP contribution < -0.4 is 0 Å². The lowest BCUT2D eigenvalue weighted by atomic mass is 9.68. The summed E-state index contributed by atoms with van der Waals surface area (Å²) in [5, 5.41) is 0. The van der Waals surface area contributed by atoms with Crippen LogP contribution >= 0.6 is 0 Å². The Kier molecular flexibility index (Phi) is 1.21. The normalized spacial score (nSPS) is 67.6. The summed E-state index contributed by atoms with van der Waals surface area (Å²) in [5.74, 6) is 8.26. The summed E-state index contributed by atoms with van der Waals surface area (Å²) in [4.78, 5) is 0. The quantitative estimate of drug-likeness (QED) is 0.497. The van der Waals surface area contributed by atoms with Crippen LogP contribution in [0.2, 0.25) is 0 Å². The molecule has 13 heavy (non-hydrogen) atoms. The zero-order chi connectivity index (χ0) is 8.58. The van der Waals surface area contributed by atoms with Crippen molar-refractivity contribution in [2.24, 2.45) is 41.4 Å². The molecule has 4 fully saturated rings. The van der Waals surface area contributed by atoms with Gasteiger partial charge in [0.1, 0.15) is 0 Å². The molecule has 72 valence electrons. The van der Waals surface area contributed by atoms with Crippen molar-refractivity contribution in [3.05, 3.63) is 0 Å². The van der Waals surface area contributed by atoms with Crippen LogP contribution in [0.15, 0.2) is 0 Å². The maximum Gasteiger partial charge on any atom is -0.0321 e. The van der Waals surface area contributed by atoms with Crippen molar-refractivity contribution in [1.29, 1.82) is 0 Å². The molecule has 0 aliphatic heterocycles. The number of fused-ring (bicyclic) bond motifs is 9. The van der Waals surface area contributed by atoms with Gasteiger partial charge in [0.25, 0.3) is 0 Å². The summed E-state index contributed by atoms with van der Waals surface area (Å²) < 4.78 is 0. The highest BCUT2D eigenvalue weighted by atomic mass is 14.7. The number of hydrogen-bond acceptors (Lipinski definition) is 0. The Labute approximate surface area is 81.1 Å². The van der Waals surface area contributed by atoms with Gasteiger partial charge in [-0.3, -0.25) is 0 Å². The minimum Gasteiger partial charge on any atom is -0.0622 e. The average Bonchev–Trinajstić information content (AvgIpc) is 2.78. The number of hydrogen-bond donors (Lipinski definition) is 0. The first-order valence-corrected chi connectivity index (χ1v) is 6.34. The molecule has 4 saturated carbocycles. The second-order valence-electron chi connectivity index (χ2n) is 6.36. The van der Waals surface area contributed by atoms with E-state index in [9.17, 15) is 0 Å². The fraction of sp³-hybridized carbons (Fsp3) is 1.00. The van der Waals surface area contributed by atoms with Crippen LogP contribution in [-0.4, -0.2) is 0 Å². The fourth-order valence-electron chi connectivity index (χ4n) is 5.90. The second kappa shape index (κ2) is 2.15. The van der Waals surface area contributed by atoms with Crippen molar-refractivity contribution in [3.63, 3.8) is 0 Å². The molecule has 0 N–H and O–H groups in total. The Morgan fingerprint density at radius 3 is 2.38 bits per heavy atom. The van der Waals surface area contributed by atoms with Gasteiger partial charge in [0.15, 0.2) is 0 Å². The van der Waals surface area contributed by atoms with Gasteiger partial charge in [-0.1, -0.05) is 6.92 Å². The van der Waals surface area contributed by atoms with Crippen LogP contribution in [0.25, 0.3) is 0 Å². The van der Waals surface area contributed by atoms with Gasteiger partial charge in [-0.2, -0.15) is 0 Å². The lowest BCUT2D eigenvalue weighted by molar-refractivity contribution is 0.112. The molecule has 0 nitrogen and oxygen atoms in total. The molecule has 0 heterocycles. The van der Waals surface area contributed by atoms with E-state index in [1.54, 1.807) is 32.1 Å². The molecule has 0 radical (unpaired) electrons. The van der Waals surface area contributed by atoms with Crippen LogP contribution in [0.4, 0.5) is 0 Å². The third kappa shape index (κ3) is 0.714. The molecular formula is C13H20. The molecule has 0 saturated heterocycles. The third-order valence-corrected chi connectivity index (χ3v) is 6.07. The van der Waals surface area contributed by atoms with E-state index in [1.807, 2.05) is 0 Å². The van der Waals surface area contributed by atoms with Crippen LogP contribution in [0.5, 0.6) is 0 Å². The molecule has 4 bridgehead atoms. The summed E-state index contributed by atoms with van der Waals surface area (Å²) in [7, 11) is 0. The summed E-state index contributed by atoms with van der Waals surface area (Å²) in [6, 6.07) is 0. The lowest BCUT2D eigenvalue weighted by Crippen LogP contribution is -2.31. The molecule has 0 aromatic heterocycles. The lowest BCUT2D eigenvalue weighted by Gasteiger charge is -2.37. The van der Waals surface area contributed by atoms with E-state index in [-0.39, 0.29) is 0 Å². The van der Waals surface area contributed by atoms with Gasteiger partial charge < -0.3 is 0 Å². The SMILES string of the molecule is C[C@@H]1CC2CC1C1C3CCC(C3)C21. The summed E-state index contributed by atoms with van der Waals surface area (Å²) in [5.41, 5.74) is 0. The highest BCUT2D eigenvalue weighted by molar-refractivity contribution is 5.09. The third-order valence-electron chi connectivity index (χ3n) is 6.07. The van der Waals surface area contributed by atoms with E-state index >= 15 is 0 Å². The summed E-state index contributed by atoms with van der Waals surface area (Å²) in [6.07, 6.45) is 8.05. The van der Waals surface area contributed by atoms with Crippen LogP contribution in [0, 0.1) is 41.4 Å². The molecule has 0 aromatic rings. The number of rotatable bonds is 0. The molecule has 0 aromatic carbocycles. The minimum absolute atomic E-state index is 1.09. The van der Waals surface area contributed by atoms with Gasteiger partial charge in [0, 0.05) is 0 Å². The monoisotopic (exact) mass is 176 g/mol. The smallest absolute Gasteiger partial charge is 0.0321 e. The van der Waals surface area contributed by atoms with Gasteiger partial charge in [0.2, 0.25) is 0 Å². The van der Waals surface area contributed by atoms with Gasteiger partial charge >= 0.3 is 0 Å². The van der Waals surface area contributed by atoms with Crippen molar-refractivity contribution in [2.45, 2.75) is 39.0 Å². The van der Waals surface area contributed by atoms with E-state index in [0.717, 1.165) is 5.92 Å². The molecule has 4 aliphatic carbocycles. The van der Waals surface area contributed by atoms with Crippen LogP contribution in [-0.2, 0) is 0 Å². The topological polar surface area (TPSA) is 0 Å². The van der Waals surface area contributed by atoms with E-state index < -0.39 is 0 Å². The maximum atomic E-state index is 2.52. The van der Waals surface area contributed by atoms with Crippen LogP contribution in [0.3, 0.4) is 0 Å². The molecule has 0 heteroatoms. The molecule has 6 unspecified atom stereocenters. The van der Waals surface area contributed by atoms with Crippen molar-refractivity contribution in [2.75, 3.05) is 0 Å². The van der Waals surface area contributed by atoms with Gasteiger partial charge in [-0.15, -0.1) is 0 Å². The highest BCUT2D eigenvalue weighted by Crippen LogP contribution is 2.68. The Balaban J connectivity index is 1.75.